The van der Waals surface area contributed by atoms with Gasteiger partial charge >= 0.3 is 0 Å². The van der Waals surface area contributed by atoms with Crippen LogP contribution in [-0.2, 0) is 0 Å². The van der Waals surface area contributed by atoms with Crippen LogP contribution in [0.15, 0.2) is 47.1 Å². The first-order valence-corrected chi connectivity index (χ1v) is 14.3. The van der Waals surface area contributed by atoms with Crippen LogP contribution in [0.25, 0.3) is 11.5 Å². The number of hydrogen-bond donors (Lipinski definition) is 1. The van der Waals surface area contributed by atoms with Gasteiger partial charge in [-0.25, -0.2) is 4.98 Å². The van der Waals surface area contributed by atoms with E-state index in [2.05, 4.69) is 18.0 Å². The Morgan fingerprint density at radius 2 is 1.67 bits per heavy atom. The van der Waals surface area contributed by atoms with Gasteiger partial charge in [-0.15, -0.1) is 11.3 Å². The predicted molar refractivity (Wildman–Crippen MR) is 148 cm³/mol. The smallest absolute Gasteiger partial charge is 0.180 e. The highest BCUT2D eigenvalue weighted by atomic mass is 32.1. The summed E-state index contributed by atoms with van der Waals surface area (Å²) in [5.41, 5.74) is 7.77. The molecule has 0 saturated carbocycles. The maximum absolute atomic E-state index is 13.7. The molecule has 0 aliphatic carbocycles. The first kappa shape index (κ1) is 27.7. The molecule has 0 aliphatic heterocycles. The average molecular weight is 506 g/mol. The summed E-state index contributed by atoms with van der Waals surface area (Å²) in [6.45, 7) is 2.26. The molecule has 1 unspecified atom stereocenters. The van der Waals surface area contributed by atoms with Crippen LogP contribution in [0.3, 0.4) is 0 Å². The van der Waals surface area contributed by atoms with Gasteiger partial charge in [0.25, 0.3) is 0 Å². The second-order valence-corrected chi connectivity index (χ2v) is 10.6. The van der Waals surface area contributed by atoms with Gasteiger partial charge in [0, 0.05) is 10.4 Å². The number of nitrogen functional groups attached to an aromatic ring is 1. The van der Waals surface area contributed by atoms with E-state index in [9.17, 15) is 10.1 Å². The second kappa shape index (κ2) is 15.3. The van der Waals surface area contributed by atoms with Crippen molar-refractivity contribution in [2.75, 3.05) is 5.73 Å². The van der Waals surface area contributed by atoms with Crippen LogP contribution >= 0.6 is 11.3 Å². The average Bonchev–Trinajstić information content (AvgIpc) is 3.56. The van der Waals surface area contributed by atoms with Crippen LogP contribution < -0.4 is 5.73 Å². The minimum atomic E-state index is -0.364. The van der Waals surface area contributed by atoms with Gasteiger partial charge in [0.2, 0.25) is 0 Å². The van der Waals surface area contributed by atoms with E-state index < -0.39 is 0 Å². The van der Waals surface area contributed by atoms with Crippen molar-refractivity contribution in [2.45, 2.75) is 96.3 Å². The van der Waals surface area contributed by atoms with E-state index in [4.69, 9.17) is 10.2 Å². The van der Waals surface area contributed by atoms with Gasteiger partial charge in [0.1, 0.15) is 5.69 Å². The van der Waals surface area contributed by atoms with Crippen LogP contribution in [0.5, 0.6) is 0 Å². The molecule has 1 atom stereocenters. The van der Waals surface area contributed by atoms with Crippen molar-refractivity contribution < 1.29 is 9.21 Å². The van der Waals surface area contributed by atoms with E-state index in [-0.39, 0.29) is 11.7 Å². The molecule has 0 bridgehead atoms. The molecular weight excluding hydrogens is 466 g/mol. The third kappa shape index (κ3) is 8.34. The van der Waals surface area contributed by atoms with Crippen LogP contribution in [-0.4, -0.2) is 10.8 Å². The van der Waals surface area contributed by atoms with Gasteiger partial charge in [-0.2, -0.15) is 5.26 Å². The predicted octanol–water partition coefficient (Wildman–Crippen LogP) is 8.91. The highest BCUT2D eigenvalue weighted by Crippen LogP contribution is 2.39. The van der Waals surface area contributed by atoms with Crippen molar-refractivity contribution in [2.24, 2.45) is 0 Å². The summed E-state index contributed by atoms with van der Waals surface area (Å²) in [4.78, 5) is 19.0. The van der Waals surface area contributed by atoms with E-state index in [0.717, 1.165) is 24.1 Å². The van der Waals surface area contributed by atoms with E-state index in [1.807, 2.05) is 12.1 Å². The fraction of sp³-hybridized carbons (Fsp3) is 0.500. The normalized spacial score (nSPS) is 11.9. The number of ketones is 1. The third-order valence-electron chi connectivity index (χ3n) is 6.68. The number of thiazole rings is 1. The molecule has 6 heteroatoms. The van der Waals surface area contributed by atoms with Gasteiger partial charge in [-0.05, 0) is 30.7 Å². The standard InChI is InChI=1S/C30H39N3O2S/c1-2-3-4-5-6-7-8-9-10-11-12-13-18-25(28(34)24-17-14-16-23(21-24)22-31)29-27(33-30(32)36-29)26-19-15-20-35-26/h14-17,19-21,25H,2-13,18H2,1H3,(H2,32,33). The Morgan fingerprint density at radius 1 is 1.00 bits per heavy atom. The number of aromatic nitrogens is 1. The molecular formula is C30H39N3O2S. The lowest BCUT2D eigenvalue weighted by Gasteiger charge is -2.16. The molecule has 36 heavy (non-hydrogen) atoms. The molecule has 0 aliphatic rings. The van der Waals surface area contributed by atoms with Gasteiger partial charge in [0.05, 0.1) is 23.8 Å². The molecule has 0 fully saturated rings. The number of unbranched alkanes of at least 4 members (excludes halogenated alkanes) is 11. The number of nitrogens with two attached hydrogens (primary N) is 1. The van der Waals surface area contributed by atoms with E-state index in [0.29, 0.717) is 27.7 Å². The topological polar surface area (TPSA) is 92.9 Å². The van der Waals surface area contributed by atoms with Crippen LogP contribution in [0, 0.1) is 11.3 Å². The van der Waals surface area contributed by atoms with Crippen molar-refractivity contribution in [3.63, 3.8) is 0 Å². The molecule has 2 heterocycles. The summed E-state index contributed by atoms with van der Waals surface area (Å²) >= 11 is 1.36. The molecule has 0 spiro atoms. The molecule has 0 amide bonds. The molecule has 2 N–H and O–H groups in total. The largest absolute Gasteiger partial charge is 0.463 e. The Labute approximate surface area is 219 Å². The summed E-state index contributed by atoms with van der Waals surface area (Å²) in [7, 11) is 0. The molecule has 3 aromatic rings. The Hall–Kier alpha value is -2.91. The Balaban J connectivity index is 1.59. The third-order valence-corrected chi connectivity index (χ3v) is 7.68. The highest BCUT2D eigenvalue weighted by molar-refractivity contribution is 7.16. The van der Waals surface area contributed by atoms with Crippen LogP contribution in [0.4, 0.5) is 5.13 Å². The number of carbonyl (C=O) groups is 1. The number of nitrogens with zero attached hydrogens (tertiary/aromatic N) is 2. The Bertz CT molecular complexity index is 1100. The number of furan rings is 1. The molecule has 0 saturated heterocycles. The first-order chi connectivity index (χ1) is 17.6. The van der Waals surface area contributed by atoms with Gasteiger partial charge < -0.3 is 10.2 Å². The molecule has 3 rings (SSSR count). The number of Topliss-reactive ketones (excluding diaryl/α,β-unsaturated/α-hetero) is 1. The summed E-state index contributed by atoms with van der Waals surface area (Å²) in [5.74, 6) is 0.264. The quantitative estimate of drug-likeness (QED) is 0.146. The number of benzene rings is 1. The number of rotatable bonds is 17. The molecule has 1 aromatic carbocycles. The van der Waals surface area contributed by atoms with Gasteiger partial charge in [0.15, 0.2) is 16.7 Å². The van der Waals surface area contributed by atoms with Crippen molar-refractivity contribution >= 4 is 22.3 Å². The highest BCUT2D eigenvalue weighted by Gasteiger charge is 2.29. The lowest BCUT2D eigenvalue weighted by Crippen LogP contribution is -2.13. The zero-order chi connectivity index (χ0) is 25.6. The number of nitriles is 1. The first-order valence-electron chi connectivity index (χ1n) is 13.5. The van der Waals surface area contributed by atoms with Crippen molar-refractivity contribution in [1.29, 1.82) is 5.26 Å². The summed E-state index contributed by atoms with van der Waals surface area (Å²) in [6, 6.07) is 12.7. The molecule has 192 valence electrons. The van der Waals surface area contributed by atoms with E-state index in [1.165, 1.54) is 75.5 Å². The fourth-order valence-electron chi connectivity index (χ4n) is 4.69. The van der Waals surface area contributed by atoms with Crippen molar-refractivity contribution in [1.82, 2.24) is 4.98 Å². The Kier molecular flexibility index (Phi) is 11.7. The maximum Gasteiger partial charge on any atom is 0.180 e. The summed E-state index contributed by atoms with van der Waals surface area (Å²) in [6.07, 6.45) is 17.6. The fourth-order valence-corrected chi connectivity index (χ4v) is 5.66. The van der Waals surface area contributed by atoms with Crippen LogP contribution in [0.2, 0.25) is 0 Å². The molecule has 5 nitrogen and oxygen atoms in total. The van der Waals surface area contributed by atoms with E-state index in [1.54, 1.807) is 30.5 Å². The minimum Gasteiger partial charge on any atom is -0.463 e. The Morgan fingerprint density at radius 3 is 2.28 bits per heavy atom. The maximum atomic E-state index is 13.7. The lowest BCUT2D eigenvalue weighted by molar-refractivity contribution is 0.0955. The van der Waals surface area contributed by atoms with Crippen molar-refractivity contribution in [3.05, 3.63) is 58.7 Å². The van der Waals surface area contributed by atoms with Crippen LogP contribution in [0.1, 0.15) is 117 Å². The van der Waals surface area contributed by atoms with Gasteiger partial charge in [-0.3, -0.25) is 4.79 Å². The van der Waals surface area contributed by atoms with E-state index >= 15 is 0 Å². The lowest BCUT2D eigenvalue weighted by atomic mass is 9.89. The molecule has 2 aromatic heterocycles. The zero-order valence-electron chi connectivity index (χ0n) is 21.5. The summed E-state index contributed by atoms with van der Waals surface area (Å²) < 4.78 is 5.60. The number of anilines is 1. The van der Waals surface area contributed by atoms with Gasteiger partial charge in [-0.1, -0.05) is 96.1 Å². The molecule has 0 radical (unpaired) electrons. The summed E-state index contributed by atoms with van der Waals surface area (Å²) in [5, 5.41) is 9.73. The monoisotopic (exact) mass is 505 g/mol. The number of carbonyl (C=O) groups excluding carboxylic acids is 1. The minimum absolute atomic E-state index is 0.00614. The second-order valence-electron chi connectivity index (χ2n) is 9.53. The SMILES string of the molecule is CCCCCCCCCCCCCCC(C(=O)c1cccc(C#N)c1)c1sc(N)nc1-c1ccco1. The zero-order valence-corrected chi connectivity index (χ0v) is 22.3. The van der Waals surface area contributed by atoms with Crippen molar-refractivity contribution in [3.8, 4) is 17.5 Å². The number of hydrogen-bond acceptors (Lipinski definition) is 6.